The highest BCUT2D eigenvalue weighted by Gasteiger charge is 2.19. The third-order valence-corrected chi connectivity index (χ3v) is 2.24. The van der Waals surface area contributed by atoms with Crippen molar-refractivity contribution < 1.29 is 23.9 Å². The standard InChI is InChI=1S/C12H15NO6/c1-8(2)11(17-3)19-12(14)18-10-6-4-9(5-7-10)13(15)16/h4-8,11H,1-3H3. The minimum absolute atomic E-state index is 0.0191. The van der Waals surface area contributed by atoms with Crippen LogP contribution in [0.3, 0.4) is 0 Å². The quantitative estimate of drug-likeness (QED) is 0.268. The summed E-state index contributed by atoms with van der Waals surface area (Å²) in [4.78, 5) is 21.4. The third kappa shape index (κ3) is 4.55. The Morgan fingerprint density at radius 2 is 1.84 bits per heavy atom. The first kappa shape index (κ1) is 14.9. The smallest absolute Gasteiger partial charge is 0.404 e. The molecule has 0 saturated carbocycles. The van der Waals surface area contributed by atoms with Gasteiger partial charge in [0.15, 0.2) is 0 Å². The maximum Gasteiger partial charge on any atom is 0.516 e. The molecule has 19 heavy (non-hydrogen) atoms. The van der Waals surface area contributed by atoms with Crippen LogP contribution >= 0.6 is 0 Å². The third-order valence-electron chi connectivity index (χ3n) is 2.24. The van der Waals surface area contributed by atoms with Gasteiger partial charge < -0.3 is 14.2 Å². The van der Waals surface area contributed by atoms with Crippen LogP contribution in [-0.2, 0) is 9.47 Å². The predicted octanol–water partition coefficient (Wildman–Crippen LogP) is 2.74. The highest BCUT2D eigenvalue weighted by atomic mass is 16.8. The number of nitrogens with zero attached hydrogens (tertiary/aromatic N) is 1. The van der Waals surface area contributed by atoms with Gasteiger partial charge in [-0.05, 0) is 12.1 Å². The van der Waals surface area contributed by atoms with Gasteiger partial charge in [-0.2, -0.15) is 0 Å². The number of carbonyl (C=O) groups is 1. The summed E-state index contributed by atoms with van der Waals surface area (Å²) in [5.41, 5.74) is -0.0855. The average molecular weight is 269 g/mol. The average Bonchev–Trinajstić information content (AvgIpc) is 2.36. The molecule has 0 bridgehead atoms. The fourth-order valence-corrected chi connectivity index (χ4v) is 1.31. The summed E-state index contributed by atoms with van der Waals surface area (Å²) >= 11 is 0. The van der Waals surface area contributed by atoms with Gasteiger partial charge in [0.05, 0.1) is 4.92 Å². The van der Waals surface area contributed by atoms with Crippen molar-refractivity contribution in [2.24, 2.45) is 5.92 Å². The van der Waals surface area contributed by atoms with E-state index in [0.717, 1.165) is 0 Å². The highest BCUT2D eigenvalue weighted by Crippen LogP contribution is 2.18. The lowest BCUT2D eigenvalue weighted by Crippen LogP contribution is -2.27. The Hall–Kier alpha value is -2.15. The summed E-state index contributed by atoms with van der Waals surface area (Å²) in [7, 11) is 1.42. The molecule has 0 saturated heterocycles. The van der Waals surface area contributed by atoms with E-state index in [-0.39, 0.29) is 17.4 Å². The van der Waals surface area contributed by atoms with Gasteiger partial charge >= 0.3 is 6.16 Å². The molecule has 1 unspecified atom stereocenters. The summed E-state index contributed by atoms with van der Waals surface area (Å²) in [5.74, 6) is 0.142. The molecule has 0 fully saturated rings. The normalized spacial score (nSPS) is 12.0. The van der Waals surface area contributed by atoms with Gasteiger partial charge in [-0.15, -0.1) is 0 Å². The summed E-state index contributed by atoms with van der Waals surface area (Å²) in [6.07, 6.45) is -1.63. The Morgan fingerprint density at radius 1 is 1.26 bits per heavy atom. The van der Waals surface area contributed by atoms with Gasteiger partial charge in [0.2, 0.25) is 6.29 Å². The zero-order valence-corrected chi connectivity index (χ0v) is 10.9. The fourth-order valence-electron chi connectivity index (χ4n) is 1.31. The van der Waals surface area contributed by atoms with Crippen LogP contribution in [0.15, 0.2) is 24.3 Å². The van der Waals surface area contributed by atoms with Crippen molar-refractivity contribution >= 4 is 11.8 Å². The number of nitro benzene ring substituents is 1. The van der Waals surface area contributed by atoms with Gasteiger partial charge in [0, 0.05) is 25.2 Å². The first-order valence-electron chi connectivity index (χ1n) is 5.59. The summed E-state index contributed by atoms with van der Waals surface area (Å²) in [6.45, 7) is 3.65. The van der Waals surface area contributed by atoms with Crippen LogP contribution < -0.4 is 4.74 Å². The Labute approximate surface area is 110 Å². The van der Waals surface area contributed by atoms with E-state index in [1.807, 2.05) is 13.8 Å². The van der Waals surface area contributed by atoms with E-state index in [2.05, 4.69) is 0 Å². The lowest BCUT2D eigenvalue weighted by atomic mass is 10.2. The van der Waals surface area contributed by atoms with Gasteiger partial charge in [-0.25, -0.2) is 4.79 Å². The number of hydrogen-bond acceptors (Lipinski definition) is 6. The number of benzene rings is 1. The molecule has 0 aromatic heterocycles. The van der Waals surface area contributed by atoms with Crippen LogP contribution in [0.4, 0.5) is 10.5 Å². The lowest BCUT2D eigenvalue weighted by Gasteiger charge is -2.18. The van der Waals surface area contributed by atoms with Crippen molar-refractivity contribution in [2.45, 2.75) is 20.1 Å². The Morgan fingerprint density at radius 3 is 2.26 bits per heavy atom. The van der Waals surface area contributed by atoms with Gasteiger partial charge in [-0.3, -0.25) is 10.1 Å². The summed E-state index contributed by atoms with van der Waals surface area (Å²) in [5, 5.41) is 10.5. The molecule has 104 valence electrons. The van der Waals surface area contributed by atoms with E-state index in [4.69, 9.17) is 14.2 Å². The first-order chi connectivity index (χ1) is 8.93. The van der Waals surface area contributed by atoms with Crippen LogP contribution in [0.1, 0.15) is 13.8 Å². The molecule has 0 aliphatic carbocycles. The van der Waals surface area contributed by atoms with E-state index in [9.17, 15) is 14.9 Å². The SMILES string of the molecule is COC(OC(=O)Oc1ccc([N+](=O)[O-])cc1)C(C)C. The fraction of sp³-hybridized carbons (Fsp3) is 0.417. The molecule has 7 nitrogen and oxygen atoms in total. The number of nitro groups is 1. The Bertz CT molecular complexity index is 442. The predicted molar refractivity (Wildman–Crippen MR) is 65.8 cm³/mol. The van der Waals surface area contributed by atoms with Crippen molar-refractivity contribution in [3.63, 3.8) is 0 Å². The zero-order valence-electron chi connectivity index (χ0n) is 10.9. The number of ether oxygens (including phenoxy) is 3. The van der Waals surface area contributed by atoms with Crippen LogP contribution in [0.2, 0.25) is 0 Å². The molecular weight excluding hydrogens is 254 g/mol. The molecule has 1 atom stereocenters. The molecule has 1 rings (SSSR count). The first-order valence-corrected chi connectivity index (χ1v) is 5.59. The van der Waals surface area contributed by atoms with Crippen molar-refractivity contribution in [3.05, 3.63) is 34.4 Å². The molecule has 1 aromatic rings. The molecule has 0 radical (unpaired) electrons. The number of carbonyl (C=O) groups excluding carboxylic acids is 1. The van der Waals surface area contributed by atoms with Crippen LogP contribution in [0.25, 0.3) is 0 Å². The van der Waals surface area contributed by atoms with Gasteiger partial charge in [0.25, 0.3) is 5.69 Å². The number of rotatable bonds is 5. The molecular formula is C12H15NO6. The molecule has 0 aliphatic rings. The monoisotopic (exact) mass is 269 g/mol. The second kappa shape index (κ2) is 6.69. The maximum absolute atomic E-state index is 11.4. The highest BCUT2D eigenvalue weighted by molar-refractivity contribution is 5.64. The largest absolute Gasteiger partial charge is 0.516 e. The van der Waals surface area contributed by atoms with Gasteiger partial charge in [-0.1, -0.05) is 13.8 Å². The molecule has 0 amide bonds. The van der Waals surface area contributed by atoms with E-state index in [1.54, 1.807) is 0 Å². The summed E-state index contributed by atoms with van der Waals surface area (Å²) in [6, 6.07) is 5.10. The van der Waals surface area contributed by atoms with Crippen LogP contribution in [0.5, 0.6) is 5.75 Å². The number of non-ortho nitro benzene ring substituents is 1. The van der Waals surface area contributed by atoms with Crippen LogP contribution in [0, 0.1) is 16.0 Å². The molecule has 1 aromatic carbocycles. The topological polar surface area (TPSA) is 87.9 Å². The molecule has 0 spiro atoms. The van der Waals surface area contributed by atoms with Gasteiger partial charge in [0.1, 0.15) is 5.75 Å². The van der Waals surface area contributed by atoms with E-state index in [0.29, 0.717) is 0 Å². The minimum atomic E-state index is -0.922. The molecule has 7 heteroatoms. The summed E-state index contributed by atoms with van der Waals surface area (Å²) < 4.78 is 14.8. The number of hydrogen-bond donors (Lipinski definition) is 0. The van der Waals surface area contributed by atoms with Crippen molar-refractivity contribution in [2.75, 3.05) is 7.11 Å². The van der Waals surface area contributed by atoms with Crippen LogP contribution in [-0.4, -0.2) is 24.5 Å². The Kier molecular flexibility index (Phi) is 5.25. The van der Waals surface area contributed by atoms with E-state index >= 15 is 0 Å². The number of methoxy groups -OCH3 is 1. The zero-order chi connectivity index (χ0) is 14.4. The molecule has 0 N–H and O–H groups in total. The second-order valence-corrected chi connectivity index (χ2v) is 4.07. The minimum Gasteiger partial charge on any atom is -0.404 e. The van der Waals surface area contributed by atoms with E-state index in [1.165, 1.54) is 31.4 Å². The van der Waals surface area contributed by atoms with Crippen molar-refractivity contribution in [1.29, 1.82) is 0 Å². The lowest BCUT2D eigenvalue weighted by molar-refractivity contribution is -0.384. The molecule has 0 aliphatic heterocycles. The Balaban J connectivity index is 2.59. The maximum atomic E-state index is 11.4. The second-order valence-electron chi connectivity index (χ2n) is 4.07. The van der Waals surface area contributed by atoms with E-state index < -0.39 is 17.4 Å². The van der Waals surface area contributed by atoms with Crippen molar-refractivity contribution in [3.8, 4) is 5.75 Å². The van der Waals surface area contributed by atoms with Crippen molar-refractivity contribution in [1.82, 2.24) is 0 Å². The molecule has 0 heterocycles.